The van der Waals surface area contributed by atoms with Crippen LogP contribution in [0, 0.1) is 0 Å². The van der Waals surface area contributed by atoms with Crippen molar-refractivity contribution in [2.45, 2.75) is 13.0 Å². The number of H-pyrrole nitrogens is 1. The van der Waals surface area contributed by atoms with Gasteiger partial charge in [-0.15, -0.1) is 0 Å². The van der Waals surface area contributed by atoms with E-state index in [2.05, 4.69) is 10.2 Å². The lowest BCUT2D eigenvalue weighted by Crippen LogP contribution is -2.22. The molecule has 0 fully saturated rings. The minimum absolute atomic E-state index is 0.534. The maximum atomic E-state index is 10.6. The number of ether oxygens (including phenoxy) is 1. The van der Waals surface area contributed by atoms with E-state index in [0.717, 1.165) is 11.1 Å². The monoisotopic (exact) mass is 232 g/mol. The summed E-state index contributed by atoms with van der Waals surface area (Å²) < 4.78 is 5.23. The molecule has 88 valence electrons. The lowest BCUT2D eigenvalue weighted by Gasteiger charge is -2.10. The van der Waals surface area contributed by atoms with Crippen LogP contribution in [0.25, 0.3) is 11.1 Å². The first-order valence-corrected chi connectivity index (χ1v) is 5.15. The Morgan fingerprint density at radius 2 is 2.06 bits per heavy atom. The molecule has 0 saturated heterocycles. The number of carboxylic acids is 1. The number of aromatic amines is 1. The normalized spacial score (nSPS) is 12.1. The van der Waals surface area contributed by atoms with E-state index in [4.69, 9.17) is 9.84 Å². The molecule has 0 aliphatic heterocycles. The second kappa shape index (κ2) is 4.69. The lowest BCUT2D eigenvalue weighted by molar-refractivity contribution is -0.144. The molecule has 1 atom stereocenters. The Bertz CT molecular complexity index is 491. The Morgan fingerprint density at radius 1 is 1.35 bits per heavy atom. The second-order valence-corrected chi connectivity index (χ2v) is 3.61. The summed E-state index contributed by atoms with van der Waals surface area (Å²) in [6.45, 7) is 1.49. The van der Waals surface area contributed by atoms with Gasteiger partial charge in [0.25, 0.3) is 0 Å². The van der Waals surface area contributed by atoms with Gasteiger partial charge in [-0.3, -0.25) is 5.10 Å². The third-order valence-corrected chi connectivity index (χ3v) is 2.35. The highest BCUT2D eigenvalue weighted by atomic mass is 16.5. The summed E-state index contributed by atoms with van der Waals surface area (Å²) in [6.07, 6.45) is 2.65. The van der Waals surface area contributed by atoms with Crippen LogP contribution >= 0.6 is 0 Å². The zero-order chi connectivity index (χ0) is 12.3. The first kappa shape index (κ1) is 11.2. The van der Waals surface area contributed by atoms with Gasteiger partial charge in [0, 0.05) is 11.8 Å². The molecule has 0 spiro atoms. The van der Waals surface area contributed by atoms with E-state index >= 15 is 0 Å². The fraction of sp³-hybridized carbons (Fsp3) is 0.167. The number of hydrogen-bond acceptors (Lipinski definition) is 3. The van der Waals surface area contributed by atoms with Gasteiger partial charge in [-0.1, -0.05) is 12.1 Å². The van der Waals surface area contributed by atoms with Gasteiger partial charge < -0.3 is 9.84 Å². The summed E-state index contributed by atoms with van der Waals surface area (Å²) in [5.74, 6) is -0.448. The summed E-state index contributed by atoms with van der Waals surface area (Å²) >= 11 is 0. The van der Waals surface area contributed by atoms with E-state index in [1.54, 1.807) is 24.5 Å². The Kier molecular flexibility index (Phi) is 3.09. The smallest absolute Gasteiger partial charge is 0.344 e. The van der Waals surface area contributed by atoms with Crippen LogP contribution < -0.4 is 4.74 Å². The summed E-state index contributed by atoms with van der Waals surface area (Å²) in [7, 11) is 0. The van der Waals surface area contributed by atoms with Crippen molar-refractivity contribution in [2.24, 2.45) is 0 Å². The molecule has 0 saturated carbocycles. The molecule has 0 amide bonds. The second-order valence-electron chi connectivity index (χ2n) is 3.61. The van der Waals surface area contributed by atoms with Crippen LogP contribution in [0.15, 0.2) is 36.7 Å². The van der Waals surface area contributed by atoms with Crippen molar-refractivity contribution in [3.05, 3.63) is 36.7 Å². The first-order valence-electron chi connectivity index (χ1n) is 5.15. The van der Waals surface area contributed by atoms with Gasteiger partial charge in [0.05, 0.1) is 6.20 Å². The highest BCUT2D eigenvalue weighted by Crippen LogP contribution is 2.21. The van der Waals surface area contributed by atoms with Crippen molar-refractivity contribution in [1.29, 1.82) is 0 Å². The number of rotatable bonds is 4. The van der Waals surface area contributed by atoms with E-state index in [-0.39, 0.29) is 0 Å². The Balaban J connectivity index is 2.11. The molecule has 2 rings (SSSR count). The van der Waals surface area contributed by atoms with Crippen molar-refractivity contribution in [2.75, 3.05) is 0 Å². The fourth-order valence-corrected chi connectivity index (χ4v) is 1.39. The predicted octanol–water partition coefficient (Wildman–Crippen LogP) is 1.93. The molecule has 0 bridgehead atoms. The molecule has 0 aliphatic carbocycles. The molecule has 0 radical (unpaired) electrons. The van der Waals surface area contributed by atoms with Crippen LogP contribution in [0.5, 0.6) is 5.75 Å². The van der Waals surface area contributed by atoms with Crippen molar-refractivity contribution >= 4 is 5.97 Å². The zero-order valence-corrected chi connectivity index (χ0v) is 9.25. The van der Waals surface area contributed by atoms with E-state index in [9.17, 15) is 4.79 Å². The minimum atomic E-state index is -0.982. The highest BCUT2D eigenvalue weighted by molar-refractivity contribution is 5.72. The van der Waals surface area contributed by atoms with Crippen LogP contribution in [0.1, 0.15) is 6.92 Å². The molecule has 1 aromatic carbocycles. The molecule has 1 unspecified atom stereocenters. The number of aromatic nitrogens is 2. The van der Waals surface area contributed by atoms with Crippen LogP contribution in [-0.4, -0.2) is 27.4 Å². The highest BCUT2D eigenvalue weighted by Gasteiger charge is 2.12. The maximum Gasteiger partial charge on any atom is 0.344 e. The topological polar surface area (TPSA) is 75.2 Å². The largest absolute Gasteiger partial charge is 0.479 e. The minimum Gasteiger partial charge on any atom is -0.479 e. The van der Waals surface area contributed by atoms with E-state index in [1.165, 1.54) is 6.92 Å². The third kappa shape index (κ3) is 2.63. The molecule has 17 heavy (non-hydrogen) atoms. The molecule has 2 aromatic rings. The molecule has 5 nitrogen and oxygen atoms in total. The standard InChI is InChI=1S/C12H12N2O3/c1-8(12(15)16)17-11-4-2-9(3-5-11)10-6-13-14-7-10/h2-8H,1H3,(H,13,14)(H,15,16). The molecule has 0 aliphatic rings. The number of hydrogen-bond donors (Lipinski definition) is 2. The number of carboxylic acid groups (broad SMARTS) is 1. The maximum absolute atomic E-state index is 10.6. The molecule has 5 heteroatoms. The summed E-state index contributed by atoms with van der Waals surface area (Å²) in [5.41, 5.74) is 1.97. The average Bonchev–Trinajstić information content (AvgIpc) is 2.83. The fourth-order valence-electron chi connectivity index (χ4n) is 1.39. The van der Waals surface area contributed by atoms with Gasteiger partial charge in [-0.2, -0.15) is 5.10 Å². The number of nitrogens with one attached hydrogen (secondary N) is 1. The summed E-state index contributed by atoms with van der Waals surface area (Å²) in [4.78, 5) is 10.6. The summed E-state index contributed by atoms with van der Waals surface area (Å²) in [6, 6.07) is 7.19. The predicted molar refractivity (Wildman–Crippen MR) is 61.7 cm³/mol. The van der Waals surface area contributed by atoms with Crippen molar-refractivity contribution in [3.63, 3.8) is 0 Å². The van der Waals surface area contributed by atoms with Crippen LogP contribution in [-0.2, 0) is 4.79 Å². The van der Waals surface area contributed by atoms with Gasteiger partial charge in [-0.25, -0.2) is 4.79 Å². The van der Waals surface area contributed by atoms with E-state index < -0.39 is 12.1 Å². The molecule has 1 aromatic heterocycles. The zero-order valence-electron chi connectivity index (χ0n) is 9.25. The van der Waals surface area contributed by atoms with Gasteiger partial charge in [-0.05, 0) is 24.6 Å². The Labute approximate surface area is 98.0 Å². The Morgan fingerprint density at radius 3 is 2.59 bits per heavy atom. The first-order chi connectivity index (χ1) is 8.16. The van der Waals surface area contributed by atoms with E-state index in [1.807, 2.05) is 12.1 Å². The molecule has 1 heterocycles. The van der Waals surface area contributed by atoms with Gasteiger partial charge in [0.15, 0.2) is 6.10 Å². The van der Waals surface area contributed by atoms with Gasteiger partial charge in [0.1, 0.15) is 5.75 Å². The van der Waals surface area contributed by atoms with Crippen molar-refractivity contribution in [3.8, 4) is 16.9 Å². The number of carbonyl (C=O) groups is 1. The van der Waals surface area contributed by atoms with Crippen LogP contribution in [0.3, 0.4) is 0 Å². The number of benzene rings is 1. The van der Waals surface area contributed by atoms with Crippen molar-refractivity contribution in [1.82, 2.24) is 10.2 Å². The third-order valence-electron chi connectivity index (χ3n) is 2.35. The quantitative estimate of drug-likeness (QED) is 0.844. The SMILES string of the molecule is CC(Oc1ccc(-c2cn[nH]c2)cc1)C(=O)O. The molecule has 2 N–H and O–H groups in total. The van der Waals surface area contributed by atoms with E-state index in [0.29, 0.717) is 5.75 Å². The van der Waals surface area contributed by atoms with Crippen LogP contribution in [0.4, 0.5) is 0 Å². The number of aliphatic carboxylic acids is 1. The molecular formula is C12H12N2O3. The number of nitrogens with zero attached hydrogens (tertiary/aromatic N) is 1. The molecular weight excluding hydrogens is 220 g/mol. The van der Waals surface area contributed by atoms with Gasteiger partial charge >= 0.3 is 5.97 Å². The van der Waals surface area contributed by atoms with Gasteiger partial charge in [0.2, 0.25) is 0 Å². The lowest BCUT2D eigenvalue weighted by atomic mass is 10.1. The van der Waals surface area contributed by atoms with Crippen LogP contribution in [0.2, 0.25) is 0 Å². The van der Waals surface area contributed by atoms with Crippen molar-refractivity contribution < 1.29 is 14.6 Å². The Hall–Kier alpha value is -2.30. The average molecular weight is 232 g/mol. The summed E-state index contributed by atoms with van der Waals surface area (Å²) in [5, 5.41) is 15.3.